The number of rotatable bonds is 8. The second-order valence-electron chi connectivity index (χ2n) is 7.29. The first-order valence-electron chi connectivity index (χ1n) is 10.5. The quantitative estimate of drug-likeness (QED) is 0.147. The Morgan fingerprint density at radius 1 is 1.19 bits per heavy atom. The average molecular weight is 448 g/mol. The van der Waals surface area contributed by atoms with E-state index in [1.807, 2.05) is 66.0 Å². The number of thioether (sulfide) groups is 1. The Hall–Kier alpha value is -2.54. The van der Waals surface area contributed by atoms with Crippen LogP contribution in [0.5, 0.6) is 0 Å². The van der Waals surface area contributed by atoms with E-state index in [1.54, 1.807) is 18.3 Å². The van der Waals surface area contributed by atoms with Crippen molar-refractivity contribution in [2.45, 2.75) is 66.9 Å². The van der Waals surface area contributed by atoms with Crippen LogP contribution in [0.4, 0.5) is 16.2 Å². The van der Waals surface area contributed by atoms with Crippen LogP contribution < -0.4 is 10.6 Å². The largest absolute Gasteiger partial charge is 0.444 e. The summed E-state index contributed by atoms with van der Waals surface area (Å²) in [5, 5.41) is 6.84. The van der Waals surface area contributed by atoms with E-state index in [-0.39, 0.29) is 0 Å². The number of allylic oxidation sites excluding steroid dienone is 2. The molecule has 0 aromatic heterocycles. The van der Waals surface area contributed by atoms with Crippen molar-refractivity contribution < 1.29 is 14.3 Å². The molecule has 0 aliphatic carbocycles. The van der Waals surface area contributed by atoms with Crippen LogP contribution in [0.25, 0.3) is 0 Å². The molecule has 1 aromatic rings. The SMILES string of the molecule is CC.CCC/C=C(Nc1cccc(NC(=O)OC(C)(C)C)c1)/C(C=O)=C\N=C(C)SC. The normalized spacial score (nSPS) is 12.5. The smallest absolute Gasteiger partial charge is 0.412 e. The van der Waals surface area contributed by atoms with Gasteiger partial charge in [-0.2, -0.15) is 0 Å². The number of nitrogens with one attached hydrogen (secondary N) is 2. The maximum atomic E-state index is 12.0. The molecule has 0 fully saturated rings. The van der Waals surface area contributed by atoms with E-state index in [0.717, 1.165) is 29.9 Å². The van der Waals surface area contributed by atoms with E-state index >= 15 is 0 Å². The number of aliphatic imine (C=N–C) groups is 1. The van der Waals surface area contributed by atoms with Crippen molar-refractivity contribution in [3.63, 3.8) is 0 Å². The van der Waals surface area contributed by atoms with Gasteiger partial charge in [0.25, 0.3) is 0 Å². The molecule has 0 bridgehead atoms. The van der Waals surface area contributed by atoms with Crippen molar-refractivity contribution in [3.05, 3.63) is 47.8 Å². The summed E-state index contributed by atoms with van der Waals surface area (Å²) >= 11 is 1.52. The Bertz CT molecular complexity index is 794. The van der Waals surface area contributed by atoms with E-state index in [4.69, 9.17) is 4.74 Å². The third-order valence-electron chi connectivity index (χ3n) is 3.54. The van der Waals surface area contributed by atoms with Crippen LogP contribution in [0.1, 0.15) is 61.3 Å². The summed E-state index contributed by atoms with van der Waals surface area (Å²) in [7, 11) is 0. The molecule has 7 heteroatoms. The van der Waals surface area contributed by atoms with Gasteiger partial charge < -0.3 is 10.1 Å². The van der Waals surface area contributed by atoms with Gasteiger partial charge in [-0.05, 0) is 58.6 Å². The third kappa shape index (κ3) is 12.7. The van der Waals surface area contributed by atoms with Crippen LogP contribution in [0.15, 0.2) is 52.8 Å². The molecule has 31 heavy (non-hydrogen) atoms. The lowest BCUT2D eigenvalue weighted by molar-refractivity contribution is -0.104. The monoisotopic (exact) mass is 447 g/mol. The van der Waals surface area contributed by atoms with E-state index < -0.39 is 11.7 Å². The van der Waals surface area contributed by atoms with Gasteiger partial charge in [-0.3, -0.25) is 15.1 Å². The zero-order valence-corrected chi connectivity index (χ0v) is 20.9. The molecule has 0 radical (unpaired) electrons. The molecule has 0 unspecified atom stereocenters. The minimum absolute atomic E-state index is 0.456. The molecule has 1 aromatic carbocycles. The minimum Gasteiger partial charge on any atom is -0.444 e. The molecule has 0 aliphatic heterocycles. The number of benzene rings is 1. The van der Waals surface area contributed by atoms with Gasteiger partial charge in [0, 0.05) is 23.3 Å². The van der Waals surface area contributed by atoms with Crippen molar-refractivity contribution in [1.82, 2.24) is 0 Å². The molecule has 0 aliphatic rings. The first-order valence-corrected chi connectivity index (χ1v) is 11.7. The van der Waals surface area contributed by atoms with Gasteiger partial charge in [0.05, 0.1) is 10.6 Å². The fraction of sp³-hybridized carbons (Fsp3) is 0.458. The molecule has 6 nitrogen and oxygen atoms in total. The summed E-state index contributed by atoms with van der Waals surface area (Å²) in [6, 6.07) is 7.22. The van der Waals surface area contributed by atoms with Gasteiger partial charge in [0.2, 0.25) is 0 Å². The molecule has 0 heterocycles. The van der Waals surface area contributed by atoms with Gasteiger partial charge in [-0.25, -0.2) is 4.79 Å². The fourth-order valence-electron chi connectivity index (χ4n) is 2.16. The van der Waals surface area contributed by atoms with Crippen molar-refractivity contribution in [1.29, 1.82) is 0 Å². The third-order valence-corrected chi connectivity index (χ3v) is 4.24. The van der Waals surface area contributed by atoms with Crippen molar-refractivity contribution in [2.24, 2.45) is 4.99 Å². The Labute approximate surface area is 191 Å². The summed E-state index contributed by atoms with van der Waals surface area (Å²) in [5.41, 5.74) is 1.88. The molecule has 2 N–H and O–H groups in total. The number of carbonyl (C=O) groups is 2. The topological polar surface area (TPSA) is 79.8 Å². The number of ether oxygens (including phenoxy) is 1. The zero-order chi connectivity index (χ0) is 23.9. The van der Waals surface area contributed by atoms with E-state index in [2.05, 4.69) is 22.5 Å². The van der Waals surface area contributed by atoms with Crippen LogP contribution in [-0.2, 0) is 9.53 Å². The number of hydrogen-bond donors (Lipinski definition) is 2. The molecular formula is C24H37N3O3S. The zero-order valence-electron chi connectivity index (χ0n) is 20.0. The molecule has 1 rings (SSSR count). The van der Waals surface area contributed by atoms with Crippen LogP contribution in [-0.4, -0.2) is 29.3 Å². The predicted molar refractivity (Wildman–Crippen MR) is 135 cm³/mol. The van der Waals surface area contributed by atoms with Gasteiger partial charge in [0.15, 0.2) is 6.29 Å². The number of amides is 1. The number of anilines is 2. The van der Waals surface area contributed by atoms with Crippen molar-refractivity contribution >= 4 is 40.6 Å². The maximum Gasteiger partial charge on any atom is 0.412 e. The lowest BCUT2D eigenvalue weighted by atomic mass is 10.1. The van der Waals surface area contributed by atoms with Crippen LogP contribution >= 0.6 is 11.8 Å². The number of nitrogens with zero attached hydrogens (tertiary/aromatic N) is 1. The lowest BCUT2D eigenvalue weighted by Crippen LogP contribution is -2.27. The molecule has 0 atom stereocenters. The molecular weight excluding hydrogens is 410 g/mol. The van der Waals surface area contributed by atoms with Crippen molar-refractivity contribution in [3.8, 4) is 0 Å². The number of aldehydes is 1. The predicted octanol–water partition coefficient (Wildman–Crippen LogP) is 7.02. The van der Waals surface area contributed by atoms with E-state index in [9.17, 15) is 9.59 Å². The maximum absolute atomic E-state index is 12.0. The first kappa shape index (κ1) is 28.5. The number of unbranched alkanes of at least 4 members (excludes halogenated alkanes) is 1. The second kappa shape index (κ2) is 15.3. The van der Waals surface area contributed by atoms with Crippen LogP contribution in [0.3, 0.4) is 0 Å². The van der Waals surface area contributed by atoms with Gasteiger partial charge in [-0.1, -0.05) is 39.3 Å². The minimum atomic E-state index is -0.574. The highest BCUT2D eigenvalue weighted by molar-refractivity contribution is 8.13. The summed E-state index contributed by atoms with van der Waals surface area (Å²) in [6.07, 6.45) is 7.50. The Morgan fingerprint density at radius 2 is 1.81 bits per heavy atom. The molecule has 0 saturated heterocycles. The van der Waals surface area contributed by atoms with Gasteiger partial charge >= 0.3 is 6.09 Å². The summed E-state index contributed by atoms with van der Waals surface area (Å²) < 4.78 is 5.28. The van der Waals surface area contributed by atoms with E-state index in [1.165, 1.54) is 11.8 Å². The standard InChI is InChI=1S/C22H31N3O3S.C2H6/c1-7-8-12-20(17(15-26)14-23-16(2)29-6)24-18-10-9-11-19(13-18)25-21(27)28-22(3,4)5;1-2/h9-15,24H,7-8H2,1-6H3,(H,25,27);1-2H3/b17-14-,20-12-,23-16?;. The molecule has 172 valence electrons. The molecule has 0 saturated carbocycles. The Morgan fingerprint density at radius 3 is 2.32 bits per heavy atom. The highest BCUT2D eigenvalue weighted by Gasteiger charge is 2.16. The first-order chi connectivity index (χ1) is 14.7. The summed E-state index contributed by atoms with van der Waals surface area (Å²) in [4.78, 5) is 28.0. The van der Waals surface area contributed by atoms with E-state index in [0.29, 0.717) is 17.0 Å². The number of carbonyl (C=O) groups excluding carboxylic acids is 2. The summed E-state index contributed by atoms with van der Waals surface area (Å²) in [5.74, 6) is 0. The Kier molecular flexibility index (Phi) is 14.0. The summed E-state index contributed by atoms with van der Waals surface area (Å²) in [6.45, 7) is 13.4. The highest BCUT2D eigenvalue weighted by atomic mass is 32.2. The fourth-order valence-corrected chi connectivity index (χ4v) is 2.32. The molecule has 1 amide bonds. The number of hydrogen-bond acceptors (Lipinski definition) is 6. The average Bonchev–Trinajstić information content (AvgIpc) is 2.72. The molecule has 0 spiro atoms. The lowest BCUT2D eigenvalue weighted by Gasteiger charge is -2.20. The van der Waals surface area contributed by atoms with Crippen molar-refractivity contribution in [2.75, 3.05) is 16.9 Å². The van der Waals surface area contributed by atoms with Crippen LogP contribution in [0.2, 0.25) is 0 Å². The van der Waals surface area contributed by atoms with Gasteiger partial charge in [-0.15, -0.1) is 11.8 Å². The highest BCUT2D eigenvalue weighted by Crippen LogP contribution is 2.21. The second-order valence-corrected chi connectivity index (χ2v) is 8.29. The van der Waals surface area contributed by atoms with Gasteiger partial charge in [0.1, 0.15) is 5.60 Å². The van der Waals surface area contributed by atoms with Crippen LogP contribution in [0, 0.1) is 0 Å². The Balaban J connectivity index is 0.00000436.